The third-order valence-electron chi connectivity index (χ3n) is 5.29. The van der Waals surface area contributed by atoms with Crippen LogP contribution < -0.4 is 0 Å². The minimum atomic E-state index is -3.45. The molecular weight excluding hydrogens is 412 g/mol. The minimum absolute atomic E-state index is 0.0702. The van der Waals surface area contributed by atoms with Crippen LogP contribution in [0.2, 0.25) is 5.02 Å². The van der Waals surface area contributed by atoms with Crippen molar-refractivity contribution in [1.82, 2.24) is 0 Å². The number of aromatic hydroxyl groups is 1. The van der Waals surface area contributed by atoms with Crippen LogP contribution >= 0.6 is 11.6 Å². The highest BCUT2D eigenvalue weighted by atomic mass is 35.5. The molecule has 7 heteroatoms. The molecule has 29 heavy (non-hydrogen) atoms. The van der Waals surface area contributed by atoms with Crippen LogP contribution in [0.25, 0.3) is 6.08 Å². The quantitative estimate of drug-likeness (QED) is 0.470. The van der Waals surface area contributed by atoms with Crippen molar-refractivity contribution < 1.29 is 23.7 Å². The molecule has 0 aromatic heterocycles. The topological polar surface area (TPSA) is 94.8 Å². The number of hydrogen-bond donors (Lipinski definition) is 3. The zero-order valence-electron chi connectivity index (χ0n) is 17.1. The molecule has 2 atom stereocenters. The number of aliphatic hydroxyl groups is 2. The first kappa shape index (κ1) is 23.9. The number of halogens is 1. The van der Waals surface area contributed by atoms with E-state index in [0.29, 0.717) is 29.9 Å². The van der Waals surface area contributed by atoms with Gasteiger partial charge >= 0.3 is 0 Å². The number of rotatable bonds is 10. The van der Waals surface area contributed by atoms with Crippen LogP contribution in [-0.4, -0.2) is 47.5 Å². The van der Waals surface area contributed by atoms with E-state index in [1.165, 1.54) is 6.07 Å². The number of phenols is 1. The second-order valence-electron chi connectivity index (χ2n) is 7.60. The molecule has 3 N–H and O–H groups in total. The summed E-state index contributed by atoms with van der Waals surface area (Å²) in [6, 6.07) is 4.81. The first-order valence-electron chi connectivity index (χ1n) is 10.1. The lowest BCUT2D eigenvalue weighted by Crippen LogP contribution is -2.29. The fraction of sp³-hybridized carbons (Fsp3) is 0.545. The van der Waals surface area contributed by atoms with Gasteiger partial charge in [0.25, 0.3) is 0 Å². The van der Waals surface area contributed by atoms with Crippen LogP contribution in [0.5, 0.6) is 5.75 Å². The second-order valence-corrected chi connectivity index (χ2v) is 10.2. The van der Waals surface area contributed by atoms with E-state index >= 15 is 0 Å². The van der Waals surface area contributed by atoms with Crippen LogP contribution in [-0.2, 0) is 9.84 Å². The first-order valence-corrected chi connectivity index (χ1v) is 12.2. The van der Waals surface area contributed by atoms with Gasteiger partial charge in [0.1, 0.15) is 11.0 Å². The van der Waals surface area contributed by atoms with E-state index in [-0.39, 0.29) is 11.5 Å². The van der Waals surface area contributed by atoms with Gasteiger partial charge in [0.2, 0.25) is 0 Å². The monoisotopic (exact) mass is 442 g/mol. The molecule has 0 radical (unpaired) electrons. The van der Waals surface area contributed by atoms with Gasteiger partial charge in [-0.05, 0) is 55.0 Å². The predicted octanol–water partition coefficient (Wildman–Crippen LogP) is 4.26. The number of allylic oxidation sites excluding steroid dienone is 1. The maximum atomic E-state index is 12.4. The van der Waals surface area contributed by atoms with Gasteiger partial charge in [-0.1, -0.05) is 55.5 Å². The lowest BCUT2D eigenvalue weighted by Gasteiger charge is -2.20. The third kappa shape index (κ3) is 6.07. The molecule has 0 spiro atoms. The van der Waals surface area contributed by atoms with Crippen LogP contribution in [0.1, 0.15) is 57.9 Å². The Balaban J connectivity index is 2.21. The van der Waals surface area contributed by atoms with Gasteiger partial charge in [-0.15, -0.1) is 0 Å². The van der Waals surface area contributed by atoms with Crippen molar-refractivity contribution in [3.63, 3.8) is 0 Å². The standard InChI is InChI=1S/C22H31ClO5S/c1-3-5-15(11-16-8-9-18(25)12-19(16)23)7-10-20(26)22-17(6-4-2)14-29(27,28)21(22)13-24/h8-9,11-12,20-21,24-26H,3-7,10,13-14H2,1-2H3/b15-11+/t20-,21+/m1/s1. The number of aliphatic hydroxyl groups excluding tert-OH is 2. The lowest BCUT2D eigenvalue weighted by atomic mass is 9.92. The predicted molar refractivity (Wildman–Crippen MR) is 118 cm³/mol. The molecule has 0 amide bonds. The Morgan fingerprint density at radius 2 is 2.00 bits per heavy atom. The number of phenolic OH excluding ortho intramolecular Hbond substituents is 1. The highest BCUT2D eigenvalue weighted by Gasteiger charge is 2.40. The van der Waals surface area contributed by atoms with Gasteiger partial charge in [0.15, 0.2) is 9.84 Å². The minimum Gasteiger partial charge on any atom is -0.508 e. The maximum Gasteiger partial charge on any atom is 0.163 e. The molecule has 162 valence electrons. The molecule has 1 aliphatic heterocycles. The molecule has 1 aliphatic rings. The van der Waals surface area contributed by atoms with Crippen molar-refractivity contribution in [2.75, 3.05) is 12.4 Å². The molecular formula is C22H31ClO5S. The molecule has 0 fully saturated rings. The summed E-state index contributed by atoms with van der Waals surface area (Å²) >= 11 is 6.21. The normalized spacial score (nSPS) is 20.3. The fourth-order valence-corrected chi connectivity index (χ4v) is 6.11. The maximum absolute atomic E-state index is 12.4. The number of sulfone groups is 1. The summed E-state index contributed by atoms with van der Waals surface area (Å²) in [5, 5.41) is 29.5. The van der Waals surface area contributed by atoms with Gasteiger partial charge in [-0.3, -0.25) is 0 Å². The summed E-state index contributed by atoms with van der Waals surface area (Å²) in [6.45, 7) is 3.54. The average molecular weight is 443 g/mol. The molecule has 5 nitrogen and oxygen atoms in total. The van der Waals surface area contributed by atoms with Crippen molar-refractivity contribution in [1.29, 1.82) is 0 Å². The largest absolute Gasteiger partial charge is 0.508 e. The van der Waals surface area contributed by atoms with Crippen molar-refractivity contribution in [3.05, 3.63) is 45.5 Å². The molecule has 0 unspecified atom stereocenters. The van der Waals surface area contributed by atoms with Gasteiger partial charge in [0, 0.05) is 0 Å². The van der Waals surface area contributed by atoms with Crippen molar-refractivity contribution in [2.45, 2.75) is 63.7 Å². The molecule has 1 aromatic carbocycles. The zero-order chi connectivity index (χ0) is 21.6. The molecule has 0 saturated carbocycles. The van der Waals surface area contributed by atoms with Crippen LogP contribution in [0.4, 0.5) is 0 Å². The Hall–Kier alpha value is -1.34. The Labute approximate surface area is 178 Å². The summed E-state index contributed by atoms with van der Waals surface area (Å²) in [7, 11) is -3.45. The summed E-state index contributed by atoms with van der Waals surface area (Å²) in [5.41, 5.74) is 3.14. The summed E-state index contributed by atoms with van der Waals surface area (Å²) < 4.78 is 24.8. The number of hydrogen-bond acceptors (Lipinski definition) is 5. The van der Waals surface area contributed by atoms with Crippen LogP contribution in [0, 0.1) is 0 Å². The number of benzene rings is 1. The van der Waals surface area contributed by atoms with Gasteiger partial charge in [-0.2, -0.15) is 0 Å². The Bertz CT molecular complexity index is 873. The van der Waals surface area contributed by atoms with E-state index < -0.39 is 27.8 Å². The Kier molecular flexibility index (Phi) is 8.76. The zero-order valence-corrected chi connectivity index (χ0v) is 18.6. The van der Waals surface area contributed by atoms with E-state index in [0.717, 1.165) is 36.0 Å². The summed E-state index contributed by atoms with van der Waals surface area (Å²) in [5.74, 6) is 0.0340. The van der Waals surface area contributed by atoms with Gasteiger partial charge in [0.05, 0.1) is 23.5 Å². The highest BCUT2D eigenvalue weighted by Crippen LogP contribution is 2.34. The van der Waals surface area contributed by atoms with Crippen LogP contribution in [0.15, 0.2) is 34.9 Å². The molecule has 0 saturated heterocycles. The van der Waals surface area contributed by atoms with Crippen molar-refractivity contribution in [2.24, 2.45) is 0 Å². The fourth-order valence-electron chi connectivity index (χ4n) is 3.95. The second kappa shape index (κ2) is 10.6. The average Bonchev–Trinajstić information content (AvgIpc) is 2.91. The molecule has 0 aliphatic carbocycles. The highest BCUT2D eigenvalue weighted by molar-refractivity contribution is 7.92. The van der Waals surface area contributed by atoms with Gasteiger partial charge in [-0.25, -0.2) is 8.42 Å². The Morgan fingerprint density at radius 3 is 2.59 bits per heavy atom. The van der Waals surface area contributed by atoms with E-state index in [1.54, 1.807) is 12.1 Å². The van der Waals surface area contributed by atoms with Crippen molar-refractivity contribution in [3.8, 4) is 5.75 Å². The van der Waals surface area contributed by atoms with E-state index in [2.05, 4.69) is 6.92 Å². The molecule has 1 heterocycles. The Morgan fingerprint density at radius 1 is 1.28 bits per heavy atom. The summed E-state index contributed by atoms with van der Waals surface area (Å²) in [6.07, 6.45) is 5.20. The van der Waals surface area contributed by atoms with Crippen molar-refractivity contribution >= 4 is 27.5 Å². The molecule has 1 aromatic rings. The van der Waals surface area contributed by atoms with E-state index in [1.807, 2.05) is 13.0 Å². The molecule has 0 bridgehead atoms. The summed E-state index contributed by atoms with van der Waals surface area (Å²) in [4.78, 5) is 0. The smallest absolute Gasteiger partial charge is 0.163 e. The molecule has 2 rings (SSSR count). The third-order valence-corrected chi connectivity index (χ3v) is 7.64. The SMILES string of the molecule is CCCC1=C([C@H](O)CC/C(=C/c2ccc(O)cc2Cl)CCC)[C@H](CO)S(=O)(=O)C1. The van der Waals surface area contributed by atoms with Gasteiger partial charge < -0.3 is 15.3 Å². The van der Waals surface area contributed by atoms with E-state index in [9.17, 15) is 23.7 Å². The lowest BCUT2D eigenvalue weighted by molar-refractivity contribution is 0.188. The first-order chi connectivity index (χ1) is 13.7. The van der Waals surface area contributed by atoms with E-state index in [4.69, 9.17) is 11.6 Å². The van der Waals surface area contributed by atoms with Crippen LogP contribution in [0.3, 0.4) is 0 Å².